The fraction of sp³-hybridized carbons (Fsp3) is 0.462. The summed E-state index contributed by atoms with van der Waals surface area (Å²) in [6.07, 6.45) is 2.70. The van der Waals surface area contributed by atoms with E-state index in [4.69, 9.17) is 0 Å². The molecule has 16 heavy (non-hydrogen) atoms. The molecule has 3 rings (SSSR count). The predicted octanol–water partition coefficient (Wildman–Crippen LogP) is 1.64. The molecule has 0 radical (unpaired) electrons. The molecule has 0 saturated heterocycles. The molecule has 3 nitrogen and oxygen atoms in total. The molecule has 1 saturated carbocycles. The lowest BCUT2D eigenvalue weighted by Gasteiger charge is -2.37. The van der Waals surface area contributed by atoms with Crippen molar-refractivity contribution in [2.75, 3.05) is 7.05 Å². The Morgan fingerprint density at radius 3 is 2.75 bits per heavy atom. The van der Waals surface area contributed by atoms with Crippen LogP contribution in [0.15, 0.2) is 18.2 Å². The number of rotatable bonds is 1. The third-order valence-electron chi connectivity index (χ3n) is 3.81. The van der Waals surface area contributed by atoms with Crippen molar-refractivity contribution in [3.63, 3.8) is 0 Å². The van der Waals surface area contributed by atoms with Crippen molar-refractivity contribution in [3.8, 4) is 0 Å². The zero-order valence-electron chi connectivity index (χ0n) is 9.36. The fourth-order valence-corrected chi connectivity index (χ4v) is 2.54. The molecule has 0 bridgehead atoms. The Kier molecular flexibility index (Phi) is 1.89. The molecular weight excluding hydrogens is 202 g/mol. The highest BCUT2D eigenvalue weighted by Crippen LogP contribution is 2.42. The number of carbonyl (C=O) groups excluding carboxylic acids is 1. The Morgan fingerprint density at radius 1 is 1.38 bits per heavy atom. The van der Waals surface area contributed by atoms with Crippen LogP contribution in [0.4, 0.5) is 0 Å². The highest BCUT2D eigenvalue weighted by Gasteiger charge is 2.37. The van der Waals surface area contributed by atoms with Gasteiger partial charge in [-0.05, 0) is 36.5 Å². The third kappa shape index (κ3) is 1.21. The first kappa shape index (κ1) is 9.85. The summed E-state index contributed by atoms with van der Waals surface area (Å²) in [5.41, 5.74) is 2.07. The van der Waals surface area contributed by atoms with Crippen LogP contribution in [0.5, 0.6) is 0 Å². The molecule has 3 heteroatoms. The van der Waals surface area contributed by atoms with E-state index in [9.17, 15) is 9.90 Å². The molecule has 0 atom stereocenters. The second kappa shape index (κ2) is 3.08. The first-order chi connectivity index (χ1) is 7.60. The molecule has 1 amide bonds. The topological polar surface area (TPSA) is 40.5 Å². The van der Waals surface area contributed by atoms with E-state index in [2.05, 4.69) is 0 Å². The lowest BCUT2D eigenvalue weighted by atomic mass is 9.74. The van der Waals surface area contributed by atoms with E-state index < -0.39 is 5.60 Å². The van der Waals surface area contributed by atoms with Crippen molar-refractivity contribution in [2.24, 2.45) is 0 Å². The molecular formula is C13H15NO2. The van der Waals surface area contributed by atoms with Gasteiger partial charge in [0.25, 0.3) is 5.91 Å². The normalized spacial score (nSPS) is 21.9. The average Bonchev–Trinajstić information content (AvgIpc) is 2.51. The lowest BCUT2D eigenvalue weighted by Crippen LogP contribution is -2.33. The number of aliphatic hydroxyl groups is 1. The summed E-state index contributed by atoms with van der Waals surface area (Å²) in [6.45, 7) is 0.687. The maximum atomic E-state index is 11.8. The molecule has 1 N–H and O–H groups in total. The van der Waals surface area contributed by atoms with E-state index >= 15 is 0 Å². The van der Waals surface area contributed by atoms with Crippen molar-refractivity contribution in [2.45, 2.75) is 31.4 Å². The highest BCUT2D eigenvalue weighted by molar-refractivity contribution is 5.98. The Labute approximate surface area is 94.7 Å². The SMILES string of the molecule is CN1Cc2ccc(C3(O)CCC3)cc2C1=O. The van der Waals surface area contributed by atoms with Crippen molar-refractivity contribution in [3.05, 3.63) is 34.9 Å². The molecule has 1 heterocycles. The molecule has 0 aromatic heterocycles. The zero-order valence-corrected chi connectivity index (χ0v) is 9.36. The number of hydrogen-bond donors (Lipinski definition) is 1. The summed E-state index contributed by atoms with van der Waals surface area (Å²) in [6, 6.07) is 5.81. The van der Waals surface area contributed by atoms with E-state index in [0.717, 1.165) is 36.0 Å². The van der Waals surface area contributed by atoms with E-state index in [1.54, 1.807) is 11.9 Å². The number of carbonyl (C=O) groups is 1. The maximum Gasteiger partial charge on any atom is 0.254 e. The molecule has 1 aromatic carbocycles. The molecule has 2 aliphatic rings. The molecule has 1 aromatic rings. The van der Waals surface area contributed by atoms with Gasteiger partial charge in [0.2, 0.25) is 0 Å². The average molecular weight is 217 g/mol. The van der Waals surface area contributed by atoms with Crippen LogP contribution in [-0.2, 0) is 12.1 Å². The quantitative estimate of drug-likeness (QED) is 0.777. The van der Waals surface area contributed by atoms with Gasteiger partial charge in [0.1, 0.15) is 0 Å². The standard InChI is InChI=1S/C13H15NO2/c1-14-8-9-3-4-10(7-11(9)12(14)15)13(16)5-2-6-13/h3-4,7,16H,2,5-6,8H2,1H3. The molecule has 1 aliphatic heterocycles. The van der Waals surface area contributed by atoms with Gasteiger partial charge in [-0.3, -0.25) is 4.79 Å². The molecule has 84 valence electrons. The van der Waals surface area contributed by atoms with E-state index in [1.807, 2.05) is 18.2 Å². The van der Waals surface area contributed by atoms with Gasteiger partial charge in [0, 0.05) is 19.2 Å². The van der Waals surface area contributed by atoms with Crippen molar-refractivity contribution < 1.29 is 9.90 Å². The number of benzene rings is 1. The van der Waals surface area contributed by atoms with Gasteiger partial charge in [0.05, 0.1) is 5.60 Å². The van der Waals surface area contributed by atoms with Crippen molar-refractivity contribution >= 4 is 5.91 Å². The van der Waals surface area contributed by atoms with E-state index in [-0.39, 0.29) is 5.91 Å². The Morgan fingerprint density at radius 2 is 2.12 bits per heavy atom. The smallest absolute Gasteiger partial charge is 0.254 e. The third-order valence-corrected chi connectivity index (χ3v) is 3.81. The van der Waals surface area contributed by atoms with Crippen LogP contribution in [0.1, 0.15) is 40.7 Å². The minimum absolute atomic E-state index is 0.0692. The van der Waals surface area contributed by atoms with Gasteiger partial charge < -0.3 is 10.0 Å². The first-order valence-electron chi connectivity index (χ1n) is 5.71. The van der Waals surface area contributed by atoms with Crippen LogP contribution in [0.25, 0.3) is 0 Å². The Hall–Kier alpha value is -1.35. The largest absolute Gasteiger partial charge is 0.385 e. The molecule has 0 spiro atoms. The van der Waals surface area contributed by atoms with Gasteiger partial charge in [-0.15, -0.1) is 0 Å². The van der Waals surface area contributed by atoms with Gasteiger partial charge in [0.15, 0.2) is 0 Å². The second-order valence-corrected chi connectivity index (χ2v) is 4.92. The van der Waals surface area contributed by atoms with Crippen LogP contribution in [-0.4, -0.2) is 23.0 Å². The monoisotopic (exact) mass is 217 g/mol. The second-order valence-electron chi connectivity index (χ2n) is 4.92. The predicted molar refractivity (Wildman–Crippen MR) is 60.0 cm³/mol. The zero-order chi connectivity index (χ0) is 11.3. The summed E-state index contributed by atoms with van der Waals surface area (Å²) in [5.74, 6) is 0.0692. The summed E-state index contributed by atoms with van der Waals surface area (Å²) in [4.78, 5) is 13.5. The van der Waals surface area contributed by atoms with Gasteiger partial charge >= 0.3 is 0 Å². The van der Waals surface area contributed by atoms with E-state index in [1.165, 1.54) is 0 Å². The van der Waals surface area contributed by atoms with Crippen molar-refractivity contribution in [1.82, 2.24) is 4.90 Å². The number of nitrogens with zero attached hydrogens (tertiary/aromatic N) is 1. The molecule has 0 unspecified atom stereocenters. The van der Waals surface area contributed by atoms with Crippen LogP contribution < -0.4 is 0 Å². The van der Waals surface area contributed by atoms with Crippen LogP contribution in [0, 0.1) is 0 Å². The van der Waals surface area contributed by atoms with Crippen LogP contribution >= 0.6 is 0 Å². The highest BCUT2D eigenvalue weighted by atomic mass is 16.3. The Bertz CT molecular complexity index is 463. The lowest BCUT2D eigenvalue weighted by molar-refractivity contribution is -0.0388. The van der Waals surface area contributed by atoms with Crippen LogP contribution in [0.2, 0.25) is 0 Å². The minimum Gasteiger partial charge on any atom is -0.385 e. The Balaban J connectivity index is 2.03. The number of amides is 1. The minimum atomic E-state index is -0.670. The molecule has 1 fully saturated rings. The summed E-state index contributed by atoms with van der Waals surface area (Å²) < 4.78 is 0. The number of fused-ring (bicyclic) bond motifs is 1. The fourth-order valence-electron chi connectivity index (χ4n) is 2.54. The summed E-state index contributed by atoms with van der Waals surface area (Å²) in [5, 5.41) is 10.2. The summed E-state index contributed by atoms with van der Waals surface area (Å²) in [7, 11) is 1.81. The maximum absolute atomic E-state index is 11.8. The number of hydrogen-bond acceptors (Lipinski definition) is 2. The van der Waals surface area contributed by atoms with Gasteiger partial charge in [-0.25, -0.2) is 0 Å². The van der Waals surface area contributed by atoms with E-state index in [0.29, 0.717) is 6.54 Å². The van der Waals surface area contributed by atoms with Gasteiger partial charge in [-0.1, -0.05) is 12.1 Å². The summed E-state index contributed by atoms with van der Waals surface area (Å²) >= 11 is 0. The van der Waals surface area contributed by atoms with Crippen LogP contribution in [0.3, 0.4) is 0 Å². The van der Waals surface area contributed by atoms with Crippen molar-refractivity contribution in [1.29, 1.82) is 0 Å². The molecule has 1 aliphatic carbocycles. The first-order valence-corrected chi connectivity index (χ1v) is 5.71. The van der Waals surface area contributed by atoms with Gasteiger partial charge in [-0.2, -0.15) is 0 Å².